The molecule has 0 fully saturated rings. The average Bonchev–Trinajstić information content (AvgIpc) is 3.80. The Morgan fingerprint density at radius 2 is 0.889 bits per heavy atom. The second-order valence-electron chi connectivity index (χ2n) is 20.9. The zero-order valence-electron chi connectivity index (χ0n) is 41.7. The highest BCUT2D eigenvalue weighted by molar-refractivity contribution is 5.99. The lowest BCUT2D eigenvalue weighted by molar-refractivity contribution is 0.446. The third-order valence-corrected chi connectivity index (χ3v) is 13.9. The van der Waals surface area contributed by atoms with Crippen LogP contribution in [-0.2, 0) is 10.8 Å². The van der Waals surface area contributed by atoms with E-state index in [9.17, 15) is 5.11 Å². The van der Waals surface area contributed by atoms with Gasteiger partial charge in [0.25, 0.3) is 0 Å². The van der Waals surface area contributed by atoms with Gasteiger partial charge in [0.05, 0.1) is 28.0 Å². The van der Waals surface area contributed by atoms with Crippen molar-refractivity contribution in [2.45, 2.75) is 52.4 Å². The van der Waals surface area contributed by atoms with Crippen molar-refractivity contribution in [1.29, 1.82) is 0 Å². The van der Waals surface area contributed by atoms with Crippen molar-refractivity contribution in [3.8, 4) is 101 Å². The number of phenolic OH excluding ortho intramolecular Hbond substituents is 1. The highest BCUT2D eigenvalue weighted by atomic mass is 16.3. The number of para-hydroxylation sites is 1. The van der Waals surface area contributed by atoms with Crippen molar-refractivity contribution >= 4 is 11.0 Å². The van der Waals surface area contributed by atoms with Crippen molar-refractivity contribution in [2.24, 2.45) is 0 Å². The lowest BCUT2D eigenvalue weighted by atomic mass is 9.79. The standard InChI is InChI=1S/C68H57N3O/c1-67(2,3)56-43-59(65(72)60(44-56)68(4,5)6)66-70-64-57(28-19-29-63(64)71(66)62-35-34-51(46-22-13-8-14-23-46)41-58(62)50-26-17-10-18-27-50)54-38-53(49-32-30-48(31-33-49)45-20-11-7-12-21-45)39-55(40-54)61-42-52(36-37-69-61)47-24-15-9-16-25-47/h7-44,72H,1-6H3. The second-order valence-corrected chi connectivity index (χ2v) is 20.9. The van der Waals surface area contributed by atoms with E-state index >= 15 is 0 Å². The molecule has 0 unspecified atom stereocenters. The summed E-state index contributed by atoms with van der Waals surface area (Å²) in [5.41, 5.74) is 19.8. The molecule has 350 valence electrons. The summed E-state index contributed by atoms with van der Waals surface area (Å²) in [5.74, 6) is 0.907. The van der Waals surface area contributed by atoms with Crippen LogP contribution in [0.3, 0.4) is 0 Å². The molecule has 0 spiro atoms. The van der Waals surface area contributed by atoms with Crippen LogP contribution in [0.15, 0.2) is 231 Å². The second kappa shape index (κ2) is 18.6. The summed E-state index contributed by atoms with van der Waals surface area (Å²) < 4.78 is 2.28. The molecular weight excluding hydrogens is 875 g/mol. The minimum atomic E-state index is -0.351. The monoisotopic (exact) mass is 931 g/mol. The number of phenols is 1. The fraction of sp³-hybridized carbons (Fsp3) is 0.118. The highest BCUT2D eigenvalue weighted by Crippen LogP contribution is 2.46. The quantitative estimate of drug-likeness (QED) is 0.157. The maximum atomic E-state index is 12.7. The Morgan fingerprint density at radius 3 is 1.49 bits per heavy atom. The summed E-state index contributed by atoms with van der Waals surface area (Å²) in [6.45, 7) is 13.2. The van der Waals surface area contributed by atoms with E-state index in [0.29, 0.717) is 11.4 Å². The van der Waals surface area contributed by atoms with Crippen molar-refractivity contribution in [3.63, 3.8) is 0 Å². The zero-order valence-corrected chi connectivity index (χ0v) is 41.7. The van der Waals surface area contributed by atoms with Gasteiger partial charge in [-0.15, -0.1) is 0 Å². The molecule has 0 radical (unpaired) electrons. The summed E-state index contributed by atoms with van der Waals surface area (Å²) in [5, 5.41) is 12.7. The number of imidazole rings is 1. The van der Waals surface area contributed by atoms with Crippen molar-refractivity contribution in [3.05, 3.63) is 242 Å². The molecule has 4 nitrogen and oxygen atoms in total. The Kier molecular flexibility index (Phi) is 11.9. The van der Waals surface area contributed by atoms with Gasteiger partial charge in [-0.2, -0.15) is 0 Å². The van der Waals surface area contributed by atoms with E-state index in [0.717, 1.165) is 100 Å². The average molecular weight is 932 g/mol. The first kappa shape index (κ1) is 45.8. The molecule has 0 aliphatic carbocycles. The Balaban J connectivity index is 1.19. The minimum absolute atomic E-state index is 0.209. The van der Waals surface area contributed by atoms with Crippen LogP contribution in [0.25, 0.3) is 106 Å². The van der Waals surface area contributed by atoms with Gasteiger partial charge in [-0.25, -0.2) is 4.98 Å². The molecular formula is C68H57N3O. The van der Waals surface area contributed by atoms with Gasteiger partial charge >= 0.3 is 0 Å². The smallest absolute Gasteiger partial charge is 0.149 e. The Bertz CT molecular complexity index is 3730. The van der Waals surface area contributed by atoms with Gasteiger partial charge in [-0.3, -0.25) is 9.55 Å². The maximum Gasteiger partial charge on any atom is 0.149 e. The first-order valence-corrected chi connectivity index (χ1v) is 24.9. The Hall–Kier alpha value is -8.60. The molecule has 0 aliphatic rings. The van der Waals surface area contributed by atoms with Gasteiger partial charge in [0.2, 0.25) is 0 Å². The summed E-state index contributed by atoms with van der Waals surface area (Å²) in [6.07, 6.45) is 1.91. The molecule has 1 N–H and O–H groups in total. The molecule has 0 atom stereocenters. The minimum Gasteiger partial charge on any atom is -0.507 e. The lowest BCUT2D eigenvalue weighted by Crippen LogP contribution is -2.17. The number of pyridine rings is 1. The molecule has 0 bridgehead atoms. The van der Waals surface area contributed by atoms with Crippen LogP contribution in [-0.4, -0.2) is 19.6 Å². The first-order valence-electron chi connectivity index (χ1n) is 24.9. The van der Waals surface area contributed by atoms with Crippen molar-refractivity contribution in [1.82, 2.24) is 14.5 Å². The molecule has 4 heteroatoms. The Labute approximate surface area is 423 Å². The van der Waals surface area contributed by atoms with Crippen molar-refractivity contribution < 1.29 is 5.11 Å². The van der Waals surface area contributed by atoms with Gasteiger partial charge < -0.3 is 5.11 Å². The molecule has 11 aromatic rings. The fourth-order valence-electron chi connectivity index (χ4n) is 9.94. The number of hydrogen-bond acceptors (Lipinski definition) is 3. The topological polar surface area (TPSA) is 50.9 Å². The highest BCUT2D eigenvalue weighted by Gasteiger charge is 2.29. The maximum absolute atomic E-state index is 12.7. The number of nitrogens with zero attached hydrogens (tertiary/aromatic N) is 3. The van der Waals surface area contributed by atoms with Gasteiger partial charge in [0.15, 0.2) is 0 Å². The predicted molar refractivity (Wildman–Crippen MR) is 301 cm³/mol. The summed E-state index contributed by atoms with van der Waals surface area (Å²) >= 11 is 0. The summed E-state index contributed by atoms with van der Waals surface area (Å²) in [6, 6.07) is 79.6. The number of rotatable bonds is 9. The number of hydrogen-bond donors (Lipinski definition) is 1. The molecule has 2 aromatic heterocycles. The Morgan fingerprint density at radius 1 is 0.375 bits per heavy atom. The molecule has 11 rings (SSSR count). The third-order valence-electron chi connectivity index (χ3n) is 13.9. The summed E-state index contributed by atoms with van der Waals surface area (Å²) in [4.78, 5) is 10.8. The van der Waals surface area contributed by atoms with E-state index < -0.39 is 0 Å². The molecule has 0 saturated heterocycles. The molecule has 72 heavy (non-hydrogen) atoms. The molecule has 0 amide bonds. The van der Waals surface area contributed by atoms with Crippen LogP contribution in [0.1, 0.15) is 52.7 Å². The van der Waals surface area contributed by atoms with Gasteiger partial charge in [0.1, 0.15) is 11.6 Å². The molecule has 0 saturated carbocycles. The van der Waals surface area contributed by atoms with Gasteiger partial charge in [-0.1, -0.05) is 211 Å². The predicted octanol–water partition coefficient (Wildman–Crippen LogP) is 18.1. The van der Waals surface area contributed by atoms with E-state index in [4.69, 9.17) is 9.97 Å². The van der Waals surface area contributed by atoms with E-state index in [1.165, 1.54) is 5.56 Å². The van der Waals surface area contributed by atoms with Crippen LogP contribution >= 0.6 is 0 Å². The van der Waals surface area contributed by atoms with Crippen molar-refractivity contribution in [2.75, 3.05) is 0 Å². The molecule has 0 aliphatic heterocycles. The van der Waals surface area contributed by atoms with Gasteiger partial charge in [0, 0.05) is 28.5 Å². The normalized spacial score (nSPS) is 11.8. The summed E-state index contributed by atoms with van der Waals surface area (Å²) in [7, 11) is 0. The zero-order chi connectivity index (χ0) is 49.6. The van der Waals surface area contributed by atoms with Crippen LogP contribution < -0.4 is 0 Å². The van der Waals surface area contributed by atoms with Gasteiger partial charge in [-0.05, 0) is 127 Å². The number of fused-ring (bicyclic) bond motifs is 1. The molecule has 9 aromatic carbocycles. The van der Waals surface area contributed by atoms with Crippen LogP contribution in [0.5, 0.6) is 5.75 Å². The third kappa shape index (κ3) is 8.93. The van der Waals surface area contributed by atoms with E-state index in [-0.39, 0.29) is 16.6 Å². The van der Waals surface area contributed by atoms with Crippen LogP contribution in [0.2, 0.25) is 0 Å². The molecule has 2 heterocycles. The fourth-order valence-corrected chi connectivity index (χ4v) is 9.94. The van der Waals surface area contributed by atoms with E-state index in [2.05, 4.69) is 264 Å². The van der Waals surface area contributed by atoms with E-state index in [1.54, 1.807) is 0 Å². The number of benzene rings is 9. The first-order chi connectivity index (χ1) is 34.9. The SMILES string of the molecule is CC(C)(C)c1cc(-c2nc3c(-c4cc(-c5ccc(-c6ccccc6)cc5)cc(-c5cc(-c6ccccc6)ccn5)c4)cccc3n2-c2ccc(-c3ccccc3)cc2-c2ccccc2)c(O)c(C(C)(C)C)c1. The van der Waals surface area contributed by atoms with Crippen LogP contribution in [0.4, 0.5) is 0 Å². The lowest BCUT2D eigenvalue weighted by Gasteiger charge is -2.27. The number of aromatic hydroxyl groups is 1. The number of aromatic nitrogens is 3. The van der Waals surface area contributed by atoms with E-state index in [1.807, 2.05) is 12.3 Å². The largest absolute Gasteiger partial charge is 0.507 e. The van der Waals surface area contributed by atoms with Crippen LogP contribution in [0, 0.1) is 0 Å².